The molecule has 0 radical (unpaired) electrons. The van der Waals surface area contributed by atoms with E-state index in [1.807, 2.05) is 12.1 Å². The fraction of sp³-hybridized carbons (Fsp3) is 0.300. The summed E-state index contributed by atoms with van der Waals surface area (Å²) >= 11 is 2.04. The van der Waals surface area contributed by atoms with Crippen LogP contribution in [-0.2, 0) is 0 Å². The first-order valence-electron chi connectivity index (χ1n) is 4.37. The SMILES string of the molecule is CC1=CSCN1CC(=O)c1ccc[se]1. The second kappa shape index (κ2) is 4.39. The molecule has 0 spiro atoms. The molecule has 4 heteroatoms. The van der Waals surface area contributed by atoms with Crippen LogP contribution in [0.5, 0.6) is 0 Å². The molecule has 14 heavy (non-hydrogen) atoms. The molecule has 0 bridgehead atoms. The molecule has 0 saturated heterocycles. The van der Waals surface area contributed by atoms with Crippen LogP contribution in [0.2, 0.25) is 0 Å². The zero-order valence-corrected chi connectivity index (χ0v) is 10.4. The van der Waals surface area contributed by atoms with Crippen LogP contribution in [0.1, 0.15) is 16.2 Å². The van der Waals surface area contributed by atoms with Gasteiger partial charge in [-0.05, 0) is 0 Å². The summed E-state index contributed by atoms with van der Waals surface area (Å²) in [7, 11) is 0. The molecule has 1 aromatic heterocycles. The fourth-order valence-corrected chi connectivity index (χ4v) is 3.60. The molecular formula is C10H11NOSSe. The van der Waals surface area contributed by atoms with E-state index >= 15 is 0 Å². The van der Waals surface area contributed by atoms with Crippen molar-refractivity contribution >= 4 is 32.0 Å². The van der Waals surface area contributed by atoms with Gasteiger partial charge in [0.1, 0.15) is 0 Å². The van der Waals surface area contributed by atoms with E-state index in [0.29, 0.717) is 6.54 Å². The van der Waals surface area contributed by atoms with Gasteiger partial charge < -0.3 is 0 Å². The van der Waals surface area contributed by atoms with Gasteiger partial charge in [-0.1, -0.05) is 0 Å². The molecule has 1 aromatic rings. The van der Waals surface area contributed by atoms with Crippen LogP contribution in [0.3, 0.4) is 0 Å². The van der Waals surface area contributed by atoms with Crippen LogP contribution in [-0.4, -0.2) is 37.6 Å². The Kier molecular flexibility index (Phi) is 3.16. The number of ketones is 1. The van der Waals surface area contributed by atoms with Gasteiger partial charge in [-0.3, -0.25) is 0 Å². The molecule has 0 fully saturated rings. The van der Waals surface area contributed by atoms with Gasteiger partial charge in [0.15, 0.2) is 0 Å². The predicted octanol–water partition coefficient (Wildman–Crippen LogP) is 1.79. The van der Waals surface area contributed by atoms with Gasteiger partial charge in [-0.25, -0.2) is 0 Å². The maximum atomic E-state index is 11.8. The number of carbonyl (C=O) groups excluding carboxylic acids is 1. The van der Waals surface area contributed by atoms with Crippen molar-refractivity contribution in [2.45, 2.75) is 6.92 Å². The van der Waals surface area contributed by atoms with E-state index in [1.54, 1.807) is 11.8 Å². The Bertz CT molecular complexity index is 358. The van der Waals surface area contributed by atoms with Crippen LogP contribution in [0, 0.1) is 0 Å². The molecule has 2 heterocycles. The molecule has 0 amide bonds. The van der Waals surface area contributed by atoms with Gasteiger partial charge in [0.2, 0.25) is 0 Å². The van der Waals surface area contributed by atoms with Gasteiger partial charge in [0, 0.05) is 0 Å². The van der Waals surface area contributed by atoms with Gasteiger partial charge >= 0.3 is 93.7 Å². The second-order valence-electron chi connectivity index (χ2n) is 3.15. The van der Waals surface area contributed by atoms with E-state index < -0.39 is 0 Å². The van der Waals surface area contributed by atoms with Gasteiger partial charge in [-0.15, -0.1) is 0 Å². The summed E-state index contributed by atoms with van der Waals surface area (Å²) in [5.41, 5.74) is 1.21. The monoisotopic (exact) mass is 273 g/mol. The Labute approximate surface area is 93.7 Å². The molecule has 0 atom stereocenters. The molecule has 0 N–H and O–H groups in total. The third kappa shape index (κ3) is 2.14. The fourth-order valence-electron chi connectivity index (χ4n) is 1.28. The molecule has 0 aliphatic carbocycles. The molecular weight excluding hydrogens is 261 g/mol. The Morgan fingerprint density at radius 1 is 1.71 bits per heavy atom. The van der Waals surface area contributed by atoms with Crippen LogP contribution < -0.4 is 0 Å². The zero-order valence-electron chi connectivity index (χ0n) is 7.90. The van der Waals surface area contributed by atoms with Crippen molar-refractivity contribution in [3.05, 3.63) is 32.6 Å². The normalized spacial score (nSPS) is 15.8. The van der Waals surface area contributed by atoms with Crippen LogP contribution in [0.15, 0.2) is 28.2 Å². The molecule has 2 rings (SSSR count). The summed E-state index contributed by atoms with van der Waals surface area (Å²) in [5, 5.41) is 2.11. The Morgan fingerprint density at radius 2 is 2.57 bits per heavy atom. The first-order valence-corrected chi connectivity index (χ1v) is 7.27. The molecule has 2 nitrogen and oxygen atoms in total. The van der Waals surface area contributed by atoms with Crippen LogP contribution in [0.4, 0.5) is 0 Å². The molecule has 1 aliphatic rings. The number of allylic oxidation sites excluding steroid dienone is 1. The number of hydrogen-bond donors (Lipinski definition) is 0. The number of nitrogens with zero attached hydrogens (tertiary/aromatic N) is 1. The average molecular weight is 272 g/mol. The summed E-state index contributed by atoms with van der Waals surface area (Å²) in [5.74, 6) is 1.20. The van der Waals surface area contributed by atoms with Crippen molar-refractivity contribution in [3.8, 4) is 0 Å². The Morgan fingerprint density at radius 3 is 3.14 bits per heavy atom. The van der Waals surface area contributed by atoms with E-state index in [4.69, 9.17) is 0 Å². The number of Topliss-reactive ketones (excluding diaryl/α,β-unsaturated/α-hetero) is 1. The average Bonchev–Trinajstić information content (AvgIpc) is 2.77. The van der Waals surface area contributed by atoms with Crippen molar-refractivity contribution in [1.82, 2.24) is 4.90 Å². The molecule has 0 aromatic carbocycles. The molecule has 0 saturated carbocycles. The van der Waals surface area contributed by atoms with Crippen molar-refractivity contribution in [2.75, 3.05) is 12.4 Å². The van der Waals surface area contributed by atoms with Crippen LogP contribution >= 0.6 is 11.8 Å². The summed E-state index contributed by atoms with van der Waals surface area (Å²) < 4.78 is 1.00. The van der Waals surface area contributed by atoms with E-state index in [9.17, 15) is 4.79 Å². The number of carbonyl (C=O) groups is 1. The first-order chi connectivity index (χ1) is 6.77. The Balaban J connectivity index is 1.99. The van der Waals surface area contributed by atoms with Crippen LogP contribution in [0.25, 0.3) is 0 Å². The molecule has 0 unspecified atom stereocenters. The molecule has 1 aliphatic heterocycles. The second-order valence-corrected chi connectivity index (χ2v) is 5.97. The van der Waals surface area contributed by atoms with Crippen molar-refractivity contribution in [1.29, 1.82) is 0 Å². The van der Waals surface area contributed by atoms with Gasteiger partial charge in [-0.2, -0.15) is 0 Å². The minimum absolute atomic E-state index is 0.279. The minimum atomic E-state index is 0.279. The third-order valence-corrected chi connectivity index (χ3v) is 4.99. The number of hydrogen-bond acceptors (Lipinski definition) is 3. The van der Waals surface area contributed by atoms with E-state index in [-0.39, 0.29) is 20.3 Å². The molecule has 74 valence electrons. The van der Waals surface area contributed by atoms with E-state index in [0.717, 1.165) is 10.3 Å². The van der Waals surface area contributed by atoms with Gasteiger partial charge in [0.05, 0.1) is 0 Å². The van der Waals surface area contributed by atoms with Gasteiger partial charge in [0.25, 0.3) is 0 Å². The maximum absolute atomic E-state index is 11.8. The summed E-state index contributed by atoms with van der Waals surface area (Å²) in [6.45, 7) is 2.60. The third-order valence-electron chi connectivity index (χ3n) is 2.11. The first kappa shape index (κ1) is 10.1. The van der Waals surface area contributed by atoms with Crippen molar-refractivity contribution in [3.63, 3.8) is 0 Å². The quantitative estimate of drug-likeness (QED) is 0.618. The number of rotatable bonds is 3. The topological polar surface area (TPSA) is 20.3 Å². The van der Waals surface area contributed by atoms with Crippen molar-refractivity contribution < 1.29 is 4.79 Å². The van der Waals surface area contributed by atoms with Crippen molar-refractivity contribution in [2.24, 2.45) is 0 Å². The Hall–Kier alpha value is -0.441. The summed E-state index contributed by atoms with van der Waals surface area (Å²) in [4.78, 5) is 16.0. The zero-order chi connectivity index (χ0) is 9.97. The standard InChI is InChI=1S/C10H11NOSSe/c1-8-6-13-7-11(8)5-9(12)10-3-2-4-14-10/h2-4,6H,5,7H2,1H3. The van der Waals surface area contributed by atoms with E-state index in [1.165, 1.54) is 5.70 Å². The summed E-state index contributed by atoms with van der Waals surface area (Å²) in [6, 6.07) is 3.93. The predicted molar refractivity (Wildman–Crippen MR) is 60.6 cm³/mol. The van der Waals surface area contributed by atoms with E-state index in [2.05, 4.69) is 22.2 Å². The summed E-state index contributed by atoms with van der Waals surface area (Å²) in [6.07, 6.45) is 0. The number of thioether (sulfide) groups is 1.